The molecule has 3 aromatic rings. The first-order valence-electron chi connectivity index (χ1n) is 9.03. The number of benzene rings is 2. The summed E-state index contributed by atoms with van der Waals surface area (Å²) < 4.78 is 0. The van der Waals surface area contributed by atoms with Crippen LogP contribution in [-0.4, -0.2) is 46.7 Å². The fourth-order valence-corrected chi connectivity index (χ4v) is 3.79. The molecule has 1 atom stereocenters. The third kappa shape index (κ3) is 3.25. The van der Waals surface area contributed by atoms with Gasteiger partial charge in [-0.1, -0.05) is 41.9 Å². The van der Waals surface area contributed by atoms with Gasteiger partial charge in [-0.2, -0.15) is 0 Å². The van der Waals surface area contributed by atoms with Crippen molar-refractivity contribution >= 4 is 39.8 Å². The third-order valence-electron chi connectivity index (χ3n) is 5.04. The first kappa shape index (κ1) is 18.2. The minimum absolute atomic E-state index is 0.0425. The van der Waals surface area contributed by atoms with E-state index in [1.165, 1.54) is 0 Å². The van der Waals surface area contributed by atoms with Crippen LogP contribution in [0.5, 0.6) is 0 Å². The number of halogens is 1. The van der Waals surface area contributed by atoms with Crippen LogP contribution >= 0.6 is 11.6 Å². The molecule has 28 heavy (non-hydrogen) atoms. The first-order valence-corrected chi connectivity index (χ1v) is 9.40. The van der Waals surface area contributed by atoms with Gasteiger partial charge < -0.3 is 9.80 Å². The third-order valence-corrected chi connectivity index (χ3v) is 5.31. The van der Waals surface area contributed by atoms with Crippen molar-refractivity contribution in [2.24, 2.45) is 0 Å². The van der Waals surface area contributed by atoms with Gasteiger partial charge >= 0.3 is 0 Å². The second kappa shape index (κ2) is 7.45. The maximum Gasteiger partial charge on any atom is 0.253 e. The van der Waals surface area contributed by atoms with E-state index in [-0.39, 0.29) is 17.1 Å². The molecule has 4 rings (SSSR count). The molecule has 0 N–H and O–H groups in total. The number of amides is 1. The summed E-state index contributed by atoms with van der Waals surface area (Å²) in [5, 5.41) is 10.3. The van der Waals surface area contributed by atoms with E-state index in [0.29, 0.717) is 30.9 Å². The monoisotopic (exact) mass is 391 g/mol. The molecule has 0 radical (unpaired) electrons. The number of fused-ring (bicyclic) bond motifs is 1. The summed E-state index contributed by atoms with van der Waals surface area (Å²) in [6, 6.07) is 14.8. The number of anilines is 1. The Morgan fingerprint density at radius 1 is 1.14 bits per heavy atom. The average molecular weight is 392 g/mol. The summed E-state index contributed by atoms with van der Waals surface area (Å²) in [5.41, 5.74) is 1.21. The standard InChI is InChI=1S/C21H18ClN5O/c1-14-13-26(21(28)15-6-4-3-5-7-15)10-11-27(14)20-17-9-8-16(23-2)12-18(17)19(22)24-25-20/h3-9,12,14H,10-11,13H2,1H3/t14-/m1/s1. The molecule has 1 fully saturated rings. The predicted octanol–water partition coefficient (Wildman–Crippen LogP) is 4.18. The van der Waals surface area contributed by atoms with Crippen molar-refractivity contribution in [3.63, 3.8) is 0 Å². The molecular formula is C21H18ClN5O. The van der Waals surface area contributed by atoms with E-state index in [0.717, 1.165) is 16.6 Å². The molecule has 1 amide bonds. The molecule has 0 unspecified atom stereocenters. The van der Waals surface area contributed by atoms with Gasteiger partial charge in [0.2, 0.25) is 0 Å². The van der Waals surface area contributed by atoms with Crippen molar-refractivity contribution in [1.29, 1.82) is 0 Å². The fourth-order valence-electron chi connectivity index (χ4n) is 3.60. The van der Waals surface area contributed by atoms with E-state index >= 15 is 0 Å². The predicted molar refractivity (Wildman–Crippen MR) is 110 cm³/mol. The second-order valence-electron chi connectivity index (χ2n) is 6.82. The van der Waals surface area contributed by atoms with Crippen molar-refractivity contribution in [3.05, 3.63) is 70.7 Å². The van der Waals surface area contributed by atoms with Crippen molar-refractivity contribution in [2.75, 3.05) is 24.5 Å². The van der Waals surface area contributed by atoms with Crippen molar-refractivity contribution in [2.45, 2.75) is 13.0 Å². The Labute approximate surface area is 168 Å². The van der Waals surface area contributed by atoms with Crippen LogP contribution in [0.25, 0.3) is 15.6 Å². The van der Waals surface area contributed by atoms with Crippen LogP contribution in [0.15, 0.2) is 48.5 Å². The van der Waals surface area contributed by atoms with E-state index in [2.05, 4.69) is 26.9 Å². The molecule has 1 aliphatic rings. The fraction of sp³-hybridized carbons (Fsp3) is 0.238. The number of aromatic nitrogens is 2. The Hall–Kier alpha value is -3.17. The largest absolute Gasteiger partial charge is 0.348 e. The van der Waals surface area contributed by atoms with Crippen molar-refractivity contribution in [1.82, 2.24) is 15.1 Å². The molecule has 0 spiro atoms. The molecule has 1 aliphatic heterocycles. The van der Waals surface area contributed by atoms with Crippen LogP contribution in [0.4, 0.5) is 11.5 Å². The van der Waals surface area contributed by atoms with Crippen LogP contribution < -0.4 is 4.90 Å². The number of carbonyl (C=O) groups is 1. The van der Waals surface area contributed by atoms with Gasteiger partial charge in [0, 0.05) is 42.0 Å². The molecule has 1 saturated heterocycles. The Bertz CT molecular complexity index is 1080. The van der Waals surface area contributed by atoms with E-state index in [4.69, 9.17) is 18.2 Å². The minimum Gasteiger partial charge on any atom is -0.348 e. The molecular weight excluding hydrogens is 374 g/mol. The lowest BCUT2D eigenvalue weighted by atomic mass is 10.1. The summed E-state index contributed by atoms with van der Waals surface area (Å²) >= 11 is 6.22. The van der Waals surface area contributed by atoms with Crippen LogP contribution in [0.1, 0.15) is 17.3 Å². The lowest BCUT2D eigenvalue weighted by Gasteiger charge is -2.40. The highest BCUT2D eigenvalue weighted by atomic mass is 35.5. The molecule has 1 aromatic heterocycles. The number of carbonyl (C=O) groups excluding carboxylic acids is 1. The minimum atomic E-state index is 0.0425. The number of hydrogen-bond donors (Lipinski definition) is 0. The Morgan fingerprint density at radius 2 is 1.93 bits per heavy atom. The summed E-state index contributed by atoms with van der Waals surface area (Å²) in [7, 11) is 0. The quantitative estimate of drug-likeness (QED) is 0.615. The average Bonchev–Trinajstić information content (AvgIpc) is 2.74. The Morgan fingerprint density at radius 3 is 2.64 bits per heavy atom. The zero-order valence-electron chi connectivity index (χ0n) is 15.3. The highest BCUT2D eigenvalue weighted by molar-refractivity contribution is 6.34. The second-order valence-corrected chi connectivity index (χ2v) is 7.17. The lowest BCUT2D eigenvalue weighted by Crippen LogP contribution is -2.54. The maximum absolute atomic E-state index is 12.7. The first-order chi connectivity index (χ1) is 13.6. The summed E-state index contributed by atoms with van der Waals surface area (Å²) in [4.78, 5) is 20.2. The molecule has 7 heteroatoms. The Balaban J connectivity index is 1.61. The highest BCUT2D eigenvalue weighted by Gasteiger charge is 2.29. The smallest absolute Gasteiger partial charge is 0.253 e. The van der Waals surface area contributed by atoms with Crippen LogP contribution in [-0.2, 0) is 0 Å². The molecule has 2 heterocycles. The summed E-state index contributed by atoms with van der Waals surface area (Å²) in [6.45, 7) is 11.1. The number of rotatable bonds is 2. The molecule has 2 aromatic carbocycles. The SMILES string of the molecule is [C-]#[N+]c1ccc2c(N3CCN(C(=O)c4ccccc4)C[C@H]3C)nnc(Cl)c2c1. The van der Waals surface area contributed by atoms with Crippen LogP contribution in [0.2, 0.25) is 5.15 Å². The van der Waals surface area contributed by atoms with Crippen molar-refractivity contribution < 1.29 is 4.79 Å². The number of piperazine rings is 1. The molecule has 140 valence electrons. The molecule has 0 aliphatic carbocycles. The highest BCUT2D eigenvalue weighted by Crippen LogP contribution is 2.33. The van der Waals surface area contributed by atoms with Crippen molar-refractivity contribution in [3.8, 4) is 0 Å². The van der Waals surface area contributed by atoms with Gasteiger partial charge in [0.05, 0.1) is 6.57 Å². The van der Waals surface area contributed by atoms with Gasteiger partial charge in [-0.05, 0) is 25.1 Å². The zero-order chi connectivity index (χ0) is 19.7. The van der Waals surface area contributed by atoms with Gasteiger partial charge in [-0.3, -0.25) is 4.79 Å². The van der Waals surface area contributed by atoms with Crippen LogP contribution in [0, 0.1) is 6.57 Å². The normalized spacial score (nSPS) is 16.8. The summed E-state index contributed by atoms with van der Waals surface area (Å²) in [6.07, 6.45) is 0. The topological polar surface area (TPSA) is 53.7 Å². The van der Waals surface area contributed by atoms with E-state index in [1.807, 2.05) is 41.3 Å². The van der Waals surface area contributed by atoms with E-state index in [9.17, 15) is 4.79 Å². The van der Waals surface area contributed by atoms with Gasteiger partial charge in [-0.25, -0.2) is 4.85 Å². The van der Waals surface area contributed by atoms with E-state index in [1.54, 1.807) is 12.1 Å². The van der Waals surface area contributed by atoms with Crippen LogP contribution in [0.3, 0.4) is 0 Å². The Kier molecular flexibility index (Phi) is 4.84. The molecule has 6 nitrogen and oxygen atoms in total. The maximum atomic E-state index is 12.7. The van der Waals surface area contributed by atoms with Gasteiger partial charge in [0.15, 0.2) is 16.7 Å². The molecule has 0 bridgehead atoms. The summed E-state index contributed by atoms with van der Waals surface area (Å²) in [5.74, 6) is 0.774. The number of hydrogen-bond acceptors (Lipinski definition) is 4. The van der Waals surface area contributed by atoms with Gasteiger partial charge in [-0.15, -0.1) is 10.2 Å². The van der Waals surface area contributed by atoms with Gasteiger partial charge in [0.25, 0.3) is 5.91 Å². The molecule has 0 saturated carbocycles. The van der Waals surface area contributed by atoms with Gasteiger partial charge in [0.1, 0.15) is 0 Å². The lowest BCUT2D eigenvalue weighted by molar-refractivity contribution is 0.0726. The number of nitrogens with zero attached hydrogens (tertiary/aromatic N) is 5. The van der Waals surface area contributed by atoms with E-state index < -0.39 is 0 Å². The zero-order valence-corrected chi connectivity index (χ0v) is 16.1.